The molecule has 1 aromatic rings. The third-order valence-corrected chi connectivity index (χ3v) is 1.13. The minimum atomic E-state index is -0.446. The zero-order valence-corrected chi connectivity index (χ0v) is 5.60. The van der Waals surface area contributed by atoms with Gasteiger partial charge >= 0.3 is 0 Å². The number of hydrogen-bond donors (Lipinski definition) is 0. The van der Waals surface area contributed by atoms with E-state index in [0.29, 0.717) is 0 Å². The molecule has 0 aliphatic rings. The van der Waals surface area contributed by atoms with Crippen LogP contribution in [0.25, 0.3) is 0 Å². The fourth-order valence-electron chi connectivity index (χ4n) is 0.645. The molecule has 0 heterocycles. The molecule has 0 amide bonds. The van der Waals surface area contributed by atoms with Crippen LogP contribution in [0.4, 0.5) is 0 Å². The summed E-state index contributed by atoms with van der Waals surface area (Å²) in [6.45, 7) is 0. The van der Waals surface area contributed by atoms with Crippen LogP contribution < -0.4 is 0 Å². The quantitative estimate of drug-likeness (QED) is 0.604. The maximum Gasteiger partial charge on any atom is 0.0994 e. The van der Waals surface area contributed by atoms with Gasteiger partial charge in [0.15, 0.2) is 0 Å². The Morgan fingerprint density at radius 3 is 2.73 bits per heavy atom. The molecule has 2 nitrogen and oxygen atoms in total. The van der Waals surface area contributed by atoms with Gasteiger partial charge in [0.2, 0.25) is 0 Å². The van der Waals surface area contributed by atoms with E-state index in [0.717, 1.165) is 0 Å². The molecule has 0 radical (unpaired) electrons. The van der Waals surface area contributed by atoms with Crippen molar-refractivity contribution in [3.8, 4) is 12.1 Å². The zero-order chi connectivity index (χ0) is 11.6. The van der Waals surface area contributed by atoms with Gasteiger partial charge in [-0.05, 0) is 11.6 Å². The smallest absolute Gasteiger partial charge is 0.0994 e. The van der Waals surface area contributed by atoms with Crippen molar-refractivity contribution < 1.29 is 5.48 Å². The lowest BCUT2D eigenvalue weighted by Crippen LogP contribution is -1.86. The molecule has 0 unspecified atom stereocenters. The Labute approximate surface area is 70.9 Å². The minimum absolute atomic E-state index is 0.0611. The molecular formula is C9H6N2. The summed E-state index contributed by atoms with van der Waals surface area (Å²) in [6, 6.07) is 1.91. The van der Waals surface area contributed by atoms with E-state index in [9.17, 15) is 0 Å². The molecule has 0 aromatic heterocycles. The van der Waals surface area contributed by atoms with Gasteiger partial charge in [-0.15, -0.1) is 0 Å². The highest BCUT2D eigenvalue weighted by atomic mass is 14.3. The second kappa shape index (κ2) is 3.39. The average Bonchev–Trinajstić information content (AvgIpc) is 2.24. The first kappa shape index (κ1) is 3.55. The Morgan fingerprint density at radius 2 is 2.09 bits per heavy atom. The molecule has 1 rings (SSSR count). The SMILES string of the molecule is [2H]c1c([2H])c([2H])c(CC#N)c(C#N)c1[2H]. The first-order valence-electron chi connectivity index (χ1n) is 4.90. The molecule has 52 valence electrons. The summed E-state index contributed by atoms with van der Waals surface area (Å²) in [4.78, 5) is 0. The van der Waals surface area contributed by atoms with Gasteiger partial charge in [-0.3, -0.25) is 0 Å². The lowest BCUT2D eigenvalue weighted by Gasteiger charge is -1.94. The van der Waals surface area contributed by atoms with Gasteiger partial charge in [0.1, 0.15) is 0 Å². The van der Waals surface area contributed by atoms with Crippen molar-refractivity contribution in [1.82, 2.24) is 0 Å². The average molecular weight is 146 g/mol. The summed E-state index contributed by atoms with van der Waals surface area (Å²) < 4.78 is 29.6. The molecular weight excluding hydrogens is 136 g/mol. The number of nitrogens with zero attached hydrogens (tertiary/aromatic N) is 2. The van der Waals surface area contributed by atoms with Crippen molar-refractivity contribution in [3.05, 3.63) is 35.3 Å². The fraction of sp³-hybridized carbons (Fsp3) is 0.111. The van der Waals surface area contributed by atoms with E-state index in [2.05, 4.69) is 0 Å². The molecule has 0 aliphatic heterocycles. The number of hydrogen-bond acceptors (Lipinski definition) is 2. The third-order valence-electron chi connectivity index (χ3n) is 1.13. The van der Waals surface area contributed by atoms with Crippen molar-refractivity contribution in [2.24, 2.45) is 0 Å². The second-order valence-corrected chi connectivity index (χ2v) is 1.80. The van der Waals surface area contributed by atoms with Gasteiger partial charge < -0.3 is 0 Å². The number of benzene rings is 1. The summed E-state index contributed by atoms with van der Waals surface area (Å²) in [5.41, 5.74) is -0.0893. The van der Waals surface area contributed by atoms with Crippen LogP contribution in [0.2, 0.25) is 0 Å². The van der Waals surface area contributed by atoms with Crippen molar-refractivity contribution >= 4 is 0 Å². The van der Waals surface area contributed by atoms with Crippen LogP contribution in [0, 0.1) is 22.7 Å². The van der Waals surface area contributed by atoms with Crippen molar-refractivity contribution in [2.75, 3.05) is 0 Å². The van der Waals surface area contributed by atoms with Crippen LogP contribution in [-0.2, 0) is 6.42 Å². The maximum atomic E-state index is 8.76. The lowest BCUT2D eigenvalue weighted by atomic mass is 10.1. The van der Waals surface area contributed by atoms with Gasteiger partial charge in [0.05, 0.1) is 29.6 Å². The maximum absolute atomic E-state index is 8.76. The van der Waals surface area contributed by atoms with E-state index in [1.165, 1.54) is 0 Å². The summed E-state index contributed by atoms with van der Waals surface area (Å²) in [6.07, 6.45) is -0.195. The molecule has 0 atom stereocenters. The molecule has 0 fully saturated rings. The molecule has 2 heteroatoms. The van der Waals surface area contributed by atoms with E-state index >= 15 is 0 Å². The molecule has 0 saturated carbocycles. The Bertz CT molecular complexity index is 497. The van der Waals surface area contributed by atoms with Crippen LogP contribution in [0.5, 0.6) is 0 Å². The summed E-state index contributed by atoms with van der Waals surface area (Å²) >= 11 is 0. The topological polar surface area (TPSA) is 47.6 Å². The predicted molar refractivity (Wildman–Crippen MR) is 40.5 cm³/mol. The normalized spacial score (nSPS) is 13.3. The summed E-state index contributed by atoms with van der Waals surface area (Å²) in [5.74, 6) is 0. The highest BCUT2D eigenvalue weighted by Gasteiger charge is 1.97. The van der Waals surface area contributed by atoms with E-state index in [4.69, 9.17) is 16.0 Å². The van der Waals surface area contributed by atoms with Crippen LogP contribution in [0.1, 0.15) is 16.6 Å². The van der Waals surface area contributed by atoms with E-state index in [-0.39, 0.29) is 29.6 Å². The highest BCUT2D eigenvalue weighted by molar-refractivity contribution is 5.38. The predicted octanol–water partition coefficient (Wildman–Crippen LogP) is 1.62. The van der Waals surface area contributed by atoms with Crippen LogP contribution in [0.15, 0.2) is 24.2 Å². The van der Waals surface area contributed by atoms with E-state index < -0.39 is 12.1 Å². The van der Waals surface area contributed by atoms with Gasteiger partial charge in [0, 0.05) is 0 Å². The van der Waals surface area contributed by atoms with Gasteiger partial charge in [-0.2, -0.15) is 10.5 Å². The Kier molecular flexibility index (Phi) is 1.09. The van der Waals surface area contributed by atoms with E-state index in [1.807, 2.05) is 0 Å². The Hall–Kier alpha value is -1.80. The molecule has 0 aliphatic carbocycles. The second-order valence-electron chi connectivity index (χ2n) is 1.80. The molecule has 0 spiro atoms. The molecule has 0 N–H and O–H groups in total. The van der Waals surface area contributed by atoms with Gasteiger partial charge in [-0.1, -0.05) is 18.1 Å². The monoisotopic (exact) mass is 146 g/mol. The van der Waals surface area contributed by atoms with Crippen molar-refractivity contribution in [3.63, 3.8) is 0 Å². The first-order chi connectivity index (χ1) is 7.04. The van der Waals surface area contributed by atoms with Crippen molar-refractivity contribution in [2.45, 2.75) is 6.42 Å². The standard InChI is InChI=1S/C9H6N2/c10-6-5-8-3-1-2-4-9(8)7-11/h1-4H,5H2/i1D,2D,3D,4D. The Morgan fingerprint density at radius 1 is 1.36 bits per heavy atom. The number of rotatable bonds is 1. The van der Waals surface area contributed by atoms with E-state index in [1.54, 1.807) is 12.1 Å². The first-order valence-corrected chi connectivity index (χ1v) is 2.90. The minimum Gasteiger partial charge on any atom is -0.198 e. The largest absolute Gasteiger partial charge is 0.198 e. The summed E-state index contributed by atoms with van der Waals surface area (Å²) in [7, 11) is 0. The third kappa shape index (κ3) is 1.56. The zero-order valence-electron chi connectivity index (χ0n) is 9.60. The highest BCUT2D eigenvalue weighted by Crippen LogP contribution is 2.06. The molecule has 0 bridgehead atoms. The fourth-order valence-corrected chi connectivity index (χ4v) is 0.645. The molecule has 1 aromatic carbocycles. The molecule has 0 saturated heterocycles. The van der Waals surface area contributed by atoms with Crippen LogP contribution >= 0.6 is 0 Å². The molecule has 11 heavy (non-hydrogen) atoms. The van der Waals surface area contributed by atoms with Gasteiger partial charge in [-0.25, -0.2) is 0 Å². The Balaban J connectivity index is 3.66. The van der Waals surface area contributed by atoms with Crippen LogP contribution in [0.3, 0.4) is 0 Å². The summed E-state index contributed by atoms with van der Waals surface area (Å²) in [5, 5.41) is 17.3. The van der Waals surface area contributed by atoms with Crippen molar-refractivity contribution in [1.29, 1.82) is 10.5 Å². The van der Waals surface area contributed by atoms with Gasteiger partial charge in [0.25, 0.3) is 0 Å². The number of nitriles is 2. The lowest BCUT2D eigenvalue weighted by molar-refractivity contribution is 1.24. The van der Waals surface area contributed by atoms with Crippen LogP contribution in [-0.4, -0.2) is 0 Å².